The molecule has 1 radical (unpaired) electrons. The van der Waals surface area contributed by atoms with Gasteiger partial charge in [0.05, 0.1) is 5.75 Å². The Hall–Kier alpha value is 0.910. The molecule has 0 aliphatic carbocycles. The van der Waals surface area contributed by atoms with Crippen LogP contribution in [0.25, 0.3) is 0 Å². The van der Waals surface area contributed by atoms with E-state index in [1.165, 1.54) is 0 Å². The van der Waals surface area contributed by atoms with Gasteiger partial charge in [0.2, 0.25) is 0 Å². The Morgan fingerprint density at radius 1 is 1.50 bits per heavy atom. The van der Waals surface area contributed by atoms with Crippen molar-refractivity contribution < 1.29 is 13.0 Å². The third kappa shape index (κ3) is 10.0. The van der Waals surface area contributed by atoms with Gasteiger partial charge in [-0.1, -0.05) is 6.92 Å². The number of hydrogen-bond acceptors (Lipinski definition) is 2. The molecule has 45 valence electrons. The first-order chi connectivity index (χ1) is 3.06. The van der Waals surface area contributed by atoms with Crippen LogP contribution in [-0.2, 0) is 10.1 Å². The van der Waals surface area contributed by atoms with Crippen LogP contribution in [0, 0.1) is 6.92 Å². The van der Waals surface area contributed by atoms with Crippen LogP contribution in [0.2, 0.25) is 0 Å². The minimum atomic E-state index is -3.74. The zero-order chi connectivity index (χ0) is 5.91. The molecular weight excluding hydrogens is 139 g/mol. The van der Waals surface area contributed by atoms with Crippen molar-refractivity contribution in [3.63, 3.8) is 0 Å². The van der Waals surface area contributed by atoms with Gasteiger partial charge in [-0.05, 0) is 6.42 Å². The molecule has 0 heterocycles. The Labute approximate surface area is 71.5 Å². The van der Waals surface area contributed by atoms with E-state index in [1.54, 1.807) is 0 Å². The maximum absolute atomic E-state index is 9.75. The van der Waals surface area contributed by atoms with Crippen molar-refractivity contribution in [2.75, 3.05) is 5.75 Å². The van der Waals surface area contributed by atoms with Gasteiger partial charge in [-0.15, -0.1) is 0 Å². The average Bonchev–Trinajstić information content (AvgIpc) is 1.30. The van der Waals surface area contributed by atoms with Gasteiger partial charge in [0.25, 0.3) is 10.1 Å². The van der Waals surface area contributed by atoms with Crippen LogP contribution in [0.5, 0.6) is 0 Å². The molecule has 0 atom stereocenters. The second-order valence-electron chi connectivity index (χ2n) is 1.14. The predicted molar refractivity (Wildman–Crippen MR) is 33.5 cm³/mol. The molecule has 0 spiro atoms. The summed E-state index contributed by atoms with van der Waals surface area (Å²) in [4.78, 5) is 0. The zero-order valence-electron chi connectivity index (χ0n) is 3.79. The predicted octanol–water partition coefficient (Wildman–Crippen LogP) is -0.550. The Kier molecular flexibility index (Phi) is 6.94. The molecule has 0 fully saturated rings. The summed E-state index contributed by atoms with van der Waals surface area (Å²) in [5, 5.41) is 0. The molecule has 0 unspecified atom stereocenters. The SMILES string of the molecule is [CH2]CCS(=O)(=O)O.[NaH]. The van der Waals surface area contributed by atoms with Gasteiger partial charge >= 0.3 is 29.6 Å². The average molecular weight is 147 g/mol. The summed E-state index contributed by atoms with van der Waals surface area (Å²) in [6.45, 7) is 3.23. The van der Waals surface area contributed by atoms with Crippen molar-refractivity contribution in [2.45, 2.75) is 6.42 Å². The zero-order valence-corrected chi connectivity index (χ0v) is 4.61. The topological polar surface area (TPSA) is 54.4 Å². The molecule has 0 aliphatic heterocycles. The van der Waals surface area contributed by atoms with Gasteiger partial charge in [-0.3, -0.25) is 4.55 Å². The van der Waals surface area contributed by atoms with Crippen molar-refractivity contribution in [3.8, 4) is 0 Å². The van der Waals surface area contributed by atoms with E-state index < -0.39 is 10.1 Å². The quantitative estimate of drug-likeness (QED) is 0.421. The molecule has 1 N–H and O–H groups in total. The molecule has 0 aromatic carbocycles. The van der Waals surface area contributed by atoms with E-state index >= 15 is 0 Å². The fourth-order valence-corrected chi connectivity index (χ4v) is 0.547. The third-order valence-corrected chi connectivity index (χ3v) is 1.21. The standard InChI is InChI=1S/C3H7O3S.Na.H/c1-2-3-7(4,5)6;;/h1-3H2,(H,4,5,6);;. The summed E-state index contributed by atoms with van der Waals surface area (Å²) in [5.74, 6) is -0.243. The van der Waals surface area contributed by atoms with Gasteiger partial charge < -0.3 is 0 Å². The van der Waals surface area contributed by atoms with Crippen molar-refractivity contribution in [2.24, 2.45) is 0 Å². The molecular formula is C3H8NaO3S. The van der Waals surface area contributed by atoms with Crippen LogP contribution in [-0.4, -0.2) is 48.3 Å². The Morgan fingerprint density at radius 3 is 1.88 bits per heavy atom. The monoisotopic (exact) mass is 147 g/mol. The molecule has 8 heavy (non-hydrogen) atoms. The minimum absolute atomic E-state index is 0. The van der Waals surface area contributed by atoms with Gasteiger partial charge in [-0.25, -0.2) is 0 Å². The number of rotatable bonds is 2. The van der Waals surface area contributed by atoms with E-state index in [4.69, 9.17) is 4.55 Å². The van der Waals surface area contributed by atoms with Crippen LogP contribution in [0.3, 0.4) is 0 Å². The van der Waals surface area contributed by atoms with Crippen LogP contribution >= 0.6 is 0 Å². The second-order valence-corrected chi connectivity index (χ2v) is 2.71. The maximum atomic E-state index is 9.75. The van der Waals surface area contributed by atoms with Crippen molar-refractivity contribution in [1.29, 1.82) is 0 Å². The first-order valence-corrected chi connectivity index (χ1v) is 3.41. The molecule has 0 aliphatic rings. The van der Waals surface area contributed by atoms with Crippen molar-refractivity contribution in [1.82, 2.24) is 0 Å². The van der Waals surface area contributed by atoms with E-state index in [2.05, 4.69) is 6.92 Å². The molecule has 0 rings (SSSR count). The molecule has 0 aromatic heterocycles. The Bertz CT molecular complexity index is 127. The molecule has 0 saturated heterocycles. The molecule has 5 heteroatoms. The Balaban J connectivity index is 0. The van der Waals surface area contributed by atoms with Crippen molar-refractivity contribution in [3.05, 3.63) is 6.92 Å². The van der Waals surface area contributed by atoms with Crippen LogP contribution in [0.4, 0.5) is 0 Å². The van der Waals surface area contributed by atoms with Crippen molar-refractivity contribution >= 4 is 39.7 Å². The summed E-state index contributed by atoms with van der Waals surface area (Å²) < 4.78 is 27.4. The normalized spacial score (nSPS) is 10.2. The Morgan fingerprint density at radius 2 is 1.88 bits per heavy atom. The van der Waals surface area contributed by atoms with E-state index in [9.17, 15) is 8.42 Å². The summed E-state index contributed by atoms with van der Waals surface area (Å²) in [6, 6.07) is 0. The van der Waals surface area contributed by atoms with Crippen LogP contribution in [0.15, 0.2) is 0 Å². The van der Waals surface area contributed by atoms with Crippen LogP contribution < -0.4 is 0 Å². The first kappa shape index (κ1) is 11.7. The van der Waals surface area contributed by atoms with E-state index in [1.807, 2.05) is 0 Å². The molecule has 3 nitrogen and oxygen atoms in total. The molecule has 0 aromatic rings. The van der Waals surface area contributed by atoms with E-state index in [0.717, 1.165) is 0 Å². The van der Waals surface area contributed by atoms with Gasteiger partial charge in [-0.2, -0.15) is 8.42 Å². The van der Waals surface area contributed by atoms with Gasteiger partial charge in [0.1, 0.15) is 0 Å². The molecule has 0 amide bonds. The fraction of sp³-hybridized carbons (Fsp3) is 0.667. The van der Waals surface area contributed by atoms with Gasteiger partial charge in [0, 0.05) is 0 Å². The van der Waals surface area contributed by atoms with Crippen LogP contribution in [0.1, 0.15) is 6.42 Å². The summed E-state index contributed by atoms with van der Waals surface area (Å²) >= 11 is 0. The molecule has 0 saturated carbocycles. The van der Waals surface area contributed by atoms with E-state index in [-0.39, 0.29) is 41.7 Å². The van der Waals surface area contributed by atoms with E-state index in [0.29, 0.717) is 0 Å². The fourth-order valence-electron chi connectivity index (χ4n) is 0.182. The summed E-state index contributed by atoms with van der Waals surface area (Å²) in [6.07, 6.45) is 0.221. The number of hydrogen-bond donors (Lipinski definition) is 1. The van der Waals surface area contributed by atoms with Gasteiger partial charge in [0.15, 0.2) is 0 Å². The second kappa shape index (κ2) is 4.76. The molecule has 0 bridgehead atoms. The third-order valence-electron chi connectivity index (χ3n) is 0.402. The summed E-state index contributed by atoms with van der Waals surface area (Å²) in [5.41, 5.74) is 0. The first-order valence-electron chi connectivity index (χ1n) is 1.80. The summed E-state index contributed by atoms with van der Waals surface area (Å²) in [7, 11) is -3.74.